The van der Waals surface area contributed by atoms with Gasteiger partial charge in [-0.1, -0.05) is 25.5 Å². The summed E-state index contributed by atoms with van der Waals surface area (Å²) in [5.41, 5.74) is 0.698. The van der Waals surface area contributed by atoms with E-state index in [1.165, 1.54) is 12.1 Å². The van der Waals surface area contributed by atoms with E-state index in [4.69, 9.17) is 4.74 Å². The van der Waals surface area contributed by atoms with E-state index in [1.54, 1.807) is 6.07 Å². The average molecular weight is 338 g/mol. The Labute approximate surface area is 138 Å². The largest absolute Gasteiger partial charge is 0.370 e. The number of halogens is 4. The minimum absolute atomic E-state index is 0.0275. The van der Waals surface area contributed by atoms with Gasteiger partial charge >= 0.3 is 0 Å². The summed E-state index contributed by atoms with van der Waals surface area (Å²) in [5, 5.41) is 0. The fourth-order valence-electron chi connectivity index (χ4n) is 3.16. The molecule has 1 fully saturated rings. The quantitative estimate of drug-likeness (QED) is 0.496. The standard InChI is InChI=1S/C19H18F4O/c1-2-3-13-5-7-18(24-13)11-4-6-14(15(20)8-11)12-9-16(21)19(23)17(22)10-12/h4,6,8-10,13,18H,2-3,5,7H2,1H3. The first-order valence-corrected chi connectivity index (χ1v) is 8.09. The van der Waals surface area contributed by atoms with Gasteiger partial charge in [-0.25, -0.2) is 17.6 Å². The molecular formula is C19H18F4O. The predicted molar refractivity (Wildman–Crippen MR) is 83.5 cm³/mol. The smallest absolute Gasteiger partial charge is 0.194 e. The molecule has 1 heterocycles. The van der Waals surface area contributed by atoms with Crippen LogP contribution >= 0.6 is 0 Å². The molecule has 5 heteroatoms. The van der Waals surface area contributed by atoms with Gasteiger partial charge in [0.05, 0.1) is 12.2 Å². The Balaban J connectivity index is 1.86. The van der Waals surface area contributed by atoms with E-state index in [0.29, 0.717) is 5.56 Å². The third-order valence-electron chi connectivity index (χ3n) is 4.38. The molecule has 1 nitrogen and oxygen atoms in total. The third-order valence-corrected chi connectivity index (χ3v) is 4.38. The average Bonchev–Trinajstić information content (AvgIpc) is 3.01. The van der Waals surface area contributed by atoms with Gasteiger partial charge in [-0.15, -0.1) is 0 Å². The molecule has 2 unspecified atom stereocenters. The molecule has 3 rings (SSSR count). The van der Waals surface area contributed by atoms with Crippen LogP contribution in [0.25, 0.3) is 11.1 Å². The molecule has 24 heavy (non-hydrogen) atoms. The zero-order chi connectivity index (χ0) is 17.3. The SMILES string of the molecule is CCCC1CCC(c2ccc(-c3cc(F)c(F)c(F)c3)c(F)c2)O1. The highest BCUT2D eigenvalue weighted by Crippen LogP contribution is 2.36. The molecule has 1 aliphatic rings. The number of ether oxygens (including phenoxy) is 1. The summed E-state index contributed by atoms with van der Waals surface area (Å²) in [5.74, 6) is -4.84. The molecule has 1 aliphatic heterocycles. The fourth-order valence-corrected chi connectivity index (χ4v) is 3.16. The first-order chi connectivity index (χ1) is 11.5. The molecule has 0 N–H and O–H groups in total. The molecule has 0 spiro atoms. The number of rotatable bonds is 4. The molecular weight excluding hydrogens is 320 g/mol. The summed E-state index contributed by atoms with van der Waals surface area (Å²) < 4.78 is 60.0. The van der Waals surface area contributed by atoms with Gasteiger partial charge in [-0.3, -0.25) is 0 Å². The Kier molecular flexibility index (Phi) is 4.90. The predicted octanol–water partition coefficient (Wildman–Crippen LogP) is 5.93. The van der Waals surface area contributed by atoms with Crippen molar-refractivity contribution < 1.29 is 22.3 Å². The lowest BCUT2D eigenvalue weighted by Crippen LogP contribution is -2.06. The van der Waals surface area contributed by atoms with E-state index in [1.807, 2.05) is 0 Å². The van der Waals surface area contributed by atoms with Crippen LogP contribution < -0.4 is 0 Å². The second-order valence-corrected chi connectivity index (χ2v) is 6.11. The Bertz CT molecular complexity index is 721. The molecule has 128 valence electrons. The van der Waals surface area contributed by atoms with Gasteiger partial charge in [-0.2, -0.15) is 0 Å². The van der Waals surface area contributed by atoms with Crippen LogP contribution in [-0.2, 0) is 4.74 Å². The third kappa shape index (κ3) is 3.31. The minimum Gasteiger partial charge on any atom is -0.370 e. The summed E-state index contributed by atoms with van der Waals surface area (Å²) in [6.07, 6.45) is 3.81. The van der Waals surface area contributed by atoms with Gasteiger partial charge in [0.2, 0.25) is 0 Å². The van der Waals surface area contributed by atoms with Crippen LogP contribution in [0.2, 0.25) is 0 Å². The van der Waals surface area contributed by atoms with Crippen molar-refractivity contribution in [3.8, 4) is 11.1 Å². The molecule has 1 saturated heterocycles. The zero-order valence-corrected chi connectivity index (χ0v) is 13.3. The molecule has 0 aromatic heterocycles. The van der Waals surface area contributed by atoms with Crippen molar-refractivity contribution in [1.29, 1.82) is 0 Å². The normalized spacial score (nSPS) is 20.5. The molecule has 2 aromatic rings. The van der Waals surface area contributed by atoms with Gasteiger partial charge in [-0.05, 0) is 48.6 Å². The lowest BCUT2D eigenvalue weighted by atomic mass is 9.99. The second-order valence-electron chi connectivity index (χ2n) is 6.11. The molecule has 0 radical (unpaired) electrons. The van der Waals surface area contributed by atoms with Crippen molar-refractivity contribution in [1.82, 2.24) is 0 Å². The number of benzene rings is 2. The minimum atomic E-state index is -1.56. The van der Waals surface area contributed by atoms with Gasteiger partial charge in [0, 0.05) is 5.56 Å². The highest BCUT2D eigenvalue weighted by molar-refractivity contribution is 5.64. The van der Waals surface area contributed by atoms with E-state index >= 15 is 0 Å². The monoisotopic (exact) mass is 338 g/mol. The summed E-state index contributed by atoms with van der Waals surface area (Å²) in [6.45, 7) is 2.09. The van der Waals surface area contributed by atoms with Crippen LogP contribution in [0.3, 0.4) is 0 Å². The highest BCUT2D eigenvalue weighted by Gasteiger charge is 2.26. The number of hydrogen-bond acceptors (Lipinski definition) is 1. The lowest BCUT2D eigenvalue weighted by Gasteiger charge is -2.14. The van der Waals surface area contributed by atoms with Crippen LogP contribution in [0.1, 0.15) is 44.3 Å². The van der Waals surface area contributed by atoms with E-state index < -0.39 is 23.3 Å². The van der Waals surface area contributed by atoms with Crippen molar-refractivity contribution in [2.75, 3.05) is 0 Å². The molecule has 2 atom stereocenters. The summed E-state index contributed by atoms with van der Waals surface area (Å²) >= 11 is 0. The van der Waals surface area contributed by atoms with Gasteiger partial charge in [0.15, 0.2) is 17.5 Å². The maximum Gasteiger partial charge on any atom is 0.194 e. The fraction of sp³-hybridized carbons (Fsp3) is 0.368. The summed E-state index contributed by atoms with van der Waals surface area (Å²) in [7, 11) is 0. The van der Waals surface area contributed by atoms with Crippen LogP contribution in [0.4, 0.5) is 17.6 Å². The zero-order valence-electron chi connectivity index (χ0n) is 13.3. The van der Waals surface area contributed by atoms with Crippen molar-refractivity contribution in [2.24, 2.45) is 0 Å². The molecule has 2 aromatic carbocycles. The maximum atomic E-state index is 14.4. The molecule has 0 saturated carbocycles. The van der Waals surface area contributed by atoms with Crippen molar-refractivity contribution in [3.05, 3.63) is 59.2 Å². The molecule has 0 amide bonds. The maximum absolute atomic E-state index is 14.4. The second kappa shape index (κ2) is 6.93. The van der Waals surface area contributed by atoms with Crippen LogP contribution in [0.15, 0.2) is 30.3 Å². The first kappa shape index (κ1) is 17.0. The Morgan fingerprint density at radius 3 is 2.29 bits per heavy atom. The van der Waals surface area contributed by atoms with E-state index in [2.05, 4.69) is 6.92 Å². The van der Waals surface area contributed by atoms with Crippen molar-refractivity contribution in [3.63, 3.8) is 0 Å². The molecule has 0 aliphatic carbocycles. The Hall–Kier alpha value is -1.88. The topological polar surface area (TPSA) is 9.23 Å². The van der Waals surface area contributed by atoms with Crippen molar-refractivity contribution >= 4 is 0 Å². The van der Waals surface area contributed by atoms with Crippen molar-refractivity contribution in [2.45, 2.75) is 44.8 Å². The van der Waals surface area contributed by atoms with Crippen LogP contribution in [0.5, 0.6) is 0 Å². The van der Waals surface area contributed by atoms with Gasteiger partial charge in [0.1, 0.15) is 5.82 Å². The van der Waals surface area contributed by atoms with Crippen LogP contribution in [-0.4, -0.2) is 6.10 Å². The number of hydrogen-bond donors (Lipinski definition) is 0. The van der Waals surface area contributed by atoms with Gasteiger partial charge in [0.25, 0.3) is 0 Å². The summed E-state index contributed by atoms with van der Waals surface area (Å²) in [4.78, 5) is 0. The van der Waals surface area contributed by atoms with Crippen LogP contribution in [0, 0.1) is 23.3 Å². The first-order valence-electron chi connectivity index (χ1n) is 8.09. The van der Waals surface area contributed by atoms with Gasteiger partial charge < -0.3 is 4.74 Å². The lowest BCUT2D eigenvalue weighted by molar-refractivity contribution is 0.0395. The Morgan fingerprint density at radius 2 is 1.67 bits per heavy atom. The molecule has 0 bridgehead atoms. The van der Waals surface area contributed by atoms with E-state index in [9.17, 15) is 17.6 Å². The summed E-state index contributed by atoms with van der Waals surface area (Å²) in [6, 6.07) is 6.05. The van der Waals surface area contributed by atoms with E-state index in [-0.39, 0.29) is 23.3 Å². The Morgan fingerprint density at radius 1 is 0.958 bits per heavy atom. The highest BCUT2D eigenvalue weighted by atomic mass is 19.2. The van der Waals surface area contributed by atoms with E-state index in [0.717, 1.165) is 37.8 Å².